The molecular weight excluding hydrogens is 464 g/mol. The van der Waals surface area contributed by atoms with E-state index < -0.39 is 0 Å². The highest BCUT2D eigenvalue weighted by Gasteiger charge is 2.20. The van der Waals surface area contributed by atoms with Crippen molar-refractivity contribution in [2.45, 2.75) is 24.7 Å². The second-order valence-electron chi connectivity index (χ2n) is 6.86. The summed E-state index contributed by atoms with van der Waals surface area (Å²) in [5.74, 6) is 2.48. The number of hydrogen-bond acceptors (Lipinski definition) is 7. The van der Waals surface area contributed by atoms with E-state index in [0.717, 1.165) is 5.75 Å². The van der Waals surface area contributed by atoms with Gasteiger partial charge in [-0.15, -0.1) is 16.8 Å². The number of aromatic nitrogens is 3. The summed E-state index contributed by atoms with van der Waals surface area (Å²) < 4.78 is 18.3. The maximum atomic E-state index is 12.5. The highest BCUT2D eigenvalue weighted by molar-refractivity contribution is 7.99. The average Bonchev–Trinajstić information content (AvgIpc) is 3.21. The van der Waals surface area contributed by atoms with Gasteiger partial charge in [-0.25, -0.2) is 0 Å². The summed E-state index contributed by atoms with van der Waals surface area (Å²) in [6.45, 7) is 6.18. The fourth-order valence-corrected chi connectivity index (χ4v) is 3.94. The first-order chi connectivity index (χ1) is 15.9. The Balaban J connectivity index is 1.67. The molecule has 1 aromatic heterocycles. The molecule has 0 spiro atoms. The number of ether oxygens (including phenoxy) is 3. The van der Waals surface area contributed by atoms with E-state index in [0.29, 0.717) is 39.7 Å². The molecule has 174 valence electrons. The SMILES string of the molecule is C=CCn1c(SCC(=O)Nc2cc(Cl)ccc2OC)nnc1C(C)Oc1ccc(OC)cc1. The molecule has 1 unspecified atom stereocenters. The van der Waals surface area contributed by atoms with E-state index >= 15 is 0 Å². The Hall–Kier alpha value is -3.17. The number of hydrogen-bond donors (Lipinski definition) is 1. The number of amides is 1. The third-order valence-corrected chi connectivity index (χ3v) is 5.76. The molecule has 0 saturated carbocycles. The van der Waals surface area contributed by atoms with Gasteiger partial charge < -0.3 is 19.5 Å². The van der Waals surface area contributed by atoms with Crippen molar-refractivity contribution in [1.82, 2.24) is 14.8 Å². The van der Waals surface area contributed by atoms with E-state index in [9.17, 15) is 4.79 Å². The second kappa shape index (κ2) is 11.6. The van der Waals surface area contributed by atoms with Gasteiger partial charge in [0.2, 0.25) is 5.91 Å². The number of allylic oxidation sites excluding steroid dienone is 1. The molecule has 33 heavy (non-hydrogen) atoms. The fraction of sp³-hybridized carbons (Fsp3) is 0.261. The Morgan fingerprint density at radius 1 is 1.18 bits per heavy atom. The maximum Gasteiger partial charge on any atom is 0.234 e. The highest BCUT2D eigenvalue weighted by atomic mass is 35.5. The third kappa shape index (κ3) is 6.43. The lowest BCUT2D eigenvalue weighted by molar-refractivity contribution is -0.113. The third-order valence-electron chi connectivity index (χ3n) is 4.56. The van der Waals surface area contributed by atoms with Gasteiger partial charge in [0.15, 0.2) is 17.1 Å². The van der Waals surface area contributed by atoms with Crippen molar-refractivity contribution in [2.75, 3.05) is 25.3 Å². The zero-order chi connectivity index (χ0) is 23.8. The first kappa shape index (κ1) is 24.5. The molecule has 1 amide bonds. The molecule has 2 aromatic carbocycles. The minimum absolute atomic E-state index is 0.124. The normalized spacial score (nSPS) is 11.5. The Kier molecular flexibility index (Phi) is 8.62. The molecule has 1 atom stereocenters. The van der Waals surface area contributed by atoms with Crippen LogP contribution >= 0.6 is 23.4 Å². The molecule has 0 saturated heterocycles. The minimum Gasteiger partial charge on any atom is -0.497 e. The van der Waals surface area contributed by atoms with Gasteiger partial charge in [0.1, 0.15) is 17.2 Å². The van der Waals surface area contributed by atoms with Gasteiger partial charge in [0, 0.05) is 11.6 Å². The molecule has 1 heterocycles. The summed E-state index contributed by atoms with van der Waals surface area (Å²) in [4.78, 5) is 12.5. The van der Waals surface area contributed by atoms with E-state index in [2.05, 4.69) is 22.1 Å². The molecular formula is C23H25ClN4O4S. The summed E-state index contributed by atoms with van der Waals surface area (Å²) in [5.41, 5.74) is 0.505. The second-order valence-corrected chi connectivity index (χ2v) is 8.24. The van der Waals surface area contributed by atoms with Gasteiger partial charge in [-0.05, 0) is 49.4 Å². The van der Waals surface area contributed by atoms with Crippen LogP contribution in [0, 0.1) is 0 Å². The highest BCUT2D eigenvalue weighted by Crippen LogP contribution is 2.29. The zero-order valence-corrected chi connectivity index (χ0v) is 20.2. The van der Waals surface area contributed by atoms with Crippen molar-refractivity contribution in [1.29, 1.82) is 0 Å². The van der Waals surface area contributed by atoms with Crippen LogP contribution in [-0.2, 0) is 11.3 Å². The van der Waals surface area contributed by atoms with Crippen LogP contribution in [0.3, 0.4) is 0 Å². The number of rotatable bonds is 11. The molecule has 0 aliphatic heterocycles. The van der Waals surface area contributed by atoms with Crippen molar-refractivity contribution >= 4 is 35.0 Å². The van der Waals surface area contributed by atoms with Gasteiger partial charge in [-0.1, -0.05) is 29.4 Å². The van der Waals surface area contributed by atoms with Crippen LogP contribution in [0.4, 0.5) is 5.69 Å². The van der Waals surface area contributed by atoms with Crippen LogP contribution < -0.4 is 19.5 Å². The van der Waals surface area contributed by atoms with Crippen molar-refractivity contribution in [2.24, 2.45) is 0 Å². The lowest BCUT2D eigenvalue weighted by atomic mass is 10.3. The quantitative estimate of drug-likeness (QED) is 0.300. The van der Waals surface area contributed by atoms with Crippen LogP contribution in [-0.4, -0.2) is 40.6 Å². The smallest absolute Gasteiger partial charge is 0.234 e. The van der Waals surface area contributed by atoms with Gasteiger partial charge in [0.25, 0.3) is 0 Å². The van der Waals surface area contributed by atoms with Crippen molar-refractivity contribution in [3.63, 3.8) is 0 Å². The molecule has 1 N–H and O–H groups in total. The van der Waals surface area contributed by atoms with Crippen LogP contribution in [0.15, 0.2) is 60.3 Å². The number of carbonyl (C=O) groups is 1. The standard InChI is InChI=1S/C23H25ClN4O4S/c1-5-12-28-22(15(2)32-18-9-7-17(30-3)8-10-18)26-27-23(28)33-14-21(29)25-19-13-16(24)6-11-20(19)31-4/h5-11,13,15H,1,12,14H2,2-4H3,(H,25,29). The number of carbonyl (C=O) groups excluding carboxylic acids is 1. The predicted octanol–water partition coefficient (Wildman–Crippen LogP) is 5.01. The number of nitrogens with one attached hydrogen (secondary N) is 1. The Morgan fingerprint density at radius 3 is 2.58 bits per heavy atom. The molecule has 10 heteroatoms. The van der Waals surface area contributed by atoms with E-state index in [-0.39, 0.29) is 17.8 Å². The summed E-state index contributed by atoms with van der Waals surface area (Å²) in [7, 11) is 3.14. The van der Waals surface area contributed by atoms with E-state index in [1.807, 2.05) is 35.8 Å². The molecule has 0 fully saturated rings. The molecule has 8 nitrogen and oxygen atoms in total. The number of methoxy groups -OCH3 is 2. The van der Waals surface area contributed by atoms with Gasteiger partial charge >= 0.3 is 0 Å². The number of halogens is 1. The lowest BCUT2D eigenvalue weighted by Crippen LogP contribution is -2.16. The Labute approximate surface area is 201 Å². The maximum absolute atomic E-state index is 12.5. The summed E-state index contributed by atoms with van der Waals surface area (Å²) in [5, 5.41) is 12.4. The summed E-state index contributed by atoms with van der Waals surface area (Å²) >= 11 is 7.30. The Bertz CT molecular complexity index is 1100. The predicted molar refractivity (Wildman–Crippen MR) is 130 cm³/mol. The fourth-order valence-electron chi connectivity index (χ4n) is 3.01. The zero-order valence-electron chi connectivity index (χ0n) is 18.6. The van der Waals surface area contributed by atoms with Crippen LogP contribution in [0.1, 0.15) is 18.9 Å². The van der Waals surface area contributed by atoms with Crippen LogP contribution in [0.2, 0.25) is 5.02 Å². The number of thioether (sulfide) groups is 1. The number of anilines is 1. The van der Waals surface area contributed by atoms with Crippen molar-refractivity contribution in [3.8, 4) is 17.2 Å². The average molecular weight is 489 g/mol. The van der Waals surface area contributed by atoms with Gasteiger partial charge in [0.05, 0.1) is 25.7 Å². The first-order valence-corrected chi connectivity index (χ1v) is 11.4. The van der Waals surface area contributed by atoms with Gasteiger partial charge in [-0.3, -0.25) is 9.36 Å². The van der Waals surface area contributed by atoms with E-state index in [1.54, 1.807) is 31.4 Å². The molecule has 0 radical (unpaired) electrons. The molecule has 0 aliphatic rings. The van der Waals surface area contributed by atoms with Crippen molar-refractivity contribution < 1.29 is 19.0 Å². The number of benzene rings is 2. The molecule has 0 bridgehead atoms. The molecule has 3 rings (SSSR count). The molecule has 0 aliphatic carbocycles. The Morgan fingerprint density at radius 2 is 1.91 bits per heavy atom. The summed E-state index contributed by atoms with van der Waals surface area (Å²) in [6, 6.07) is 12.3. The lowest BCUT2D eigenvalue weighted by Gasteiger charge is -2.16. The van der Waals surface area contributed by atoms with E-state index in [4.69, 9.17) is 25.8 Å². The van der Waals surface area contributed by atoms with Crippen LogP contribution in [0.5, 0.6) is 17.2 Å². The number of nitrogens with zero attached hydrogens (tertiary/aromatic N) is 3. The molecule has 3 aromatic rings. The largest absolute Gasteiger partial charge is 0.497 e. The van der Waals surface area contributed by atoms with E-state index in [1.165, 1.54) is 18.9 Å². The van der Waals surface area contributed by atoms with Crippen LogP contribution in [0.25, 0.3) is 0 Å². The first-order valence-electron chi connectivity index (χ1n) is 10.1. The topological polar surface area (TPSA) is 87.5 Å². The monoisotopic (exact) mass is 488 g/mol. The minimum atomic E-state index is -0.371. The van der Waals surface area contributed by atoms with Crippen molar-refractivity contribution in [3.05, 3.63) is 66.0 Å². The summed E-state index contributed by atoms with van der Waals surface area (Å²) in [6.07, 6.45) is 1.37. The van der Waals surface area contributed by atoms with Gasteiger partial charge in [-0.2, -0.15) is 0 Å².